The van der Waals surface area contributed by atoms with Gasteiger partial charge in [-0.1, -0.05) is 0 Å². The van der Waals surface area contributed by atoms with Gasteiger partial charge in [-0.05, 0) is 37.8 Å². The molecule has 0 aliphatic heterocycles. The minimum absolute atomic E-state index is 0.0176. The van der Waals surface area contributed by atoms with Gasteiger partial charge in [-0.3, -0.25) is 0 Å². The highest BCUT2D eigenvalue weighted by Crippen LogP contribution is 2.32. The quantitative estimate of drug-likeness (QED) is 0.804. The van der Waals surface area contributed by atoms with E-state index < -0.39 is 10.0 Å². The highest BCUT2D eigenvalue weighted by Gasteiger charge is 2.24. The third-order valence-electron chi connectivity index (χ3n) is 3.14. The molecular weight excluding hydrogens is 266 g/mol. The van der Waals surface area contributed by atoms with Crippen molar-refractivity contribution >= 4 is 15.7 Å². The molecule has 6 nitrogen and oxygen atoms in total. The molecular formula is C12H15N3O3S. The van der Waals surface area contributed by atoms with Gasteiger partial charge in [0.05, 0.1) is 11.8 Å². The second-order valence-corrected chi connectivity index (χ2v) is 6.04. The Balaban J connectivity index is 2.48. The van der Waals surface area contributed by atoms with Crippen LogP contribution < -0.4 is 15.6 Å². The van der Waals surface area contributed by atoms with Gasteiger partial charge in [-0.25, -0.2) is 13.6 Å². The van der Waals surface area contributed by atoms with Gasteiger partial charge in [0.1, 0.15) is 22.3 Å². The SMILES string of the molecule is N#Cc1c(OC2CCCC2)ccc(N)c1S(N)(=O)=O. The number of anilines is 1. The van der Waals surface area contributed by atoms with Gasteiger partial charge < -0.3 is 10.5 Å². The largest absolute Gasteiger partial charge is 0.489 e. The third kappa shape index (κ3) is 2.80. The number of nitrogen functional groups attached to an aromatic ring is 1. The van der Waals surface area contributed by atoms with E-state index in [9.17, 15) is 8.42 Å². The van der Waals surface area contributed by atoms with Crippen molar-refractivity contribution in [1.82, 2.24) is 0 Å². The maximum Gasteiger partial charge on any atom is 0.241 e. The van der Waals surface area contributed by atoms with Gasteiger partial charge in [0.25, 0.3) is 0 Å². The molecule has 0 amide bonds. The Morgan fingerprint density at radius 2 is 1.95 bits per heavy atom. The zero-order valence-electron chi connectivity index (χ0n) is 10.3. The molecule has 7 heteroatoms. The van der Waals surface area contributed by atoms with Crippen LogP contribution in [0.3, 0.4) is 0 Å². The molecule has 0 saturated heterocycles. The van der Waals surface area contributed by atoms with Crippen molar-refractivity contribution in [2.75, 3.05) is 5.73 Å². The minimum atomic E-state index is -4.06. The van der Waals surface area contributed by atoms with Crippen LogP contribution in [0.5, 0.6) is 5.75 Å². The second kappa shape index (κ2) is 5.07. The maximum atomic E-state index is 11.5. The van der Waals surface area contributed by atoms with Crippen LogP contribution in [0.15, 0.2) is 17.0 Å². The number of nitriles is 1. The molecule has 19 heavy (non-hydrogen) atoms. The predicted octanol–water partition coefficient (Wildman–Crippen LogP) is 1.11. The summed E-state index contributed by atoms with van der Waals surface area (Å²) >= 11 is 0. The second-order valence-electron chi connectivity index (χ2n) is 4.54. The van der Waals surface area contributed by atoms with Crippen molar-refractivity contribution in [3.05, 3.63) is 17.7 Å². The lowest BCUT2D eigenvalue weighted by Gasteiger charge is -2.16. The van der Waals surface area contributed by atoms with Crippen LogP contribution in [-0.4, -0.2) is 14.5 Å². The first-order valence-corrected chi connectivity index (χ1v) is 7.50. The number of primary sulfonamides is 1. The fraction of sp³-hybridized carbons (Fsp3) is 0.417. The molecule has 4 N–H and O–H groups in total. The molecule has 0 radical (unpaired) electrons. The molecule has 0 atom stereocenters. The van der Waals surface area contributed by atoms with Crippen LogP contribution in [0.25, 0.3) is 0 Å². The third-order valence-corrected chi connectivity index (χ3v) is 4.15. The summed E-state index contributed by atoms with van der Waals surface area (Å²) in [4.78, 5) is -0.356. The Kier molecular flexibility index (Phi) is 3.64. The Morgan fingerprint density at radius 3 is 2.47 bits per heavy atom. The first-order valence-electron chi connectivity index (χ1n) is 5.95. The van der Waals surface area contributed by atoms with Crippen LogP contribution in [0.1, 0.15) is 31.2 Å². The van der Waals surface area contributed by atoms with Crippen LogP contribution in [0, 0.1) is 11.3 Å². The molecule has 0 spiro atoms. The van der Waals surface area contributed by atoms with Crippen molar-refractivity contribution in [1.29, 1.82) is 5.26 Å². The molecule has 1 aliphatic rings. The summed E-state index contributed by atoms with van der Waals surface area (Å²) in [6.45, 7) is 0. The molecule has 1 saturated carbocycles. The van der Waals surface area contributed by atoms with E-state index >= 15 is 0 Å². The van der Waals surface area contributed by atoms with E-state index in [0.717, 1.165) is 25.7 Å². The number of benzene rings is 1. The lowest BCUT2D eigenvalue weighted by molar-refractivity contribution is 0.209. The van der Waals surface area contributed by atoms with E-state index in [2.05, 4.69) is 0 Å². The maximum absolute atomic E-state index is 11.5. The molecule has 1 aromatic rings. The van der Waals surface area contributed by atoms with E-state index in [1.807, 2.05) is 6.07 Å². The smallest absolute Gasteiger partial charge is 0.241 e. The molecule has 2 rings (SSSR count). The van der Waals surface area contributed by atoms with Gasteiger partial charge in [-0.2, -0.15) is 5.26 Å². The molecule has 0 unspecified atom stereocenters. The lowest BCUT2D eigenvalue weighted by atomic mass is 10.2. The zero-order chi connectivity index (χ0) is 14.0. The molecule has 0 aromatic heterocycles. The zero-order valence-corrected chi connectivity index (χ0v) is 11.1. The molecule has 1 fully saturated rings. The summed E-state index contributed by atoms with van der Waals surface area (Å²) in [6.07, 6.45) is 3.97. The summed E-state index contributed by atoms with van der Waals surface area (Å²) in [6, 6.07) is 4.73. The number of nitrogens with zero attached hydrogens (tertiary/aromatic N) is 1. The Labute approximate surface area is 112 Å². The number of rotatable bonds is 3. The normalized spacial score (nSPS) is 16.2. The topological polar surface area (TPSA) is 119 Å². The molecule has 1 aliphatic carbocycles. The van der Waals surface area contributed by atoms with Crippen LogP contribution in [0.4, 0.5) is 5.69 Å². The van der Waals surface area contributed by atoms with Gasteiger partial charge in [0, 0.05) is 0 Å². The van der Waals surface area contributed by atoms with Gasteiger partial charge in [-0.15, -0.1) is 0 Å². The highest BCUT2D eigenvalue weighted by molar-refractivity contribution is 7.89. The Bertz CT molecular complexity index is 628. The van der Waals surface area contributed by atoms with Crippen molar-refractivity contribution in [3.63, 3.8) is 0 Å². The first-order chi connectivity index (χ1) is 8.93. The van der Waals surface area contributed by atoms with Crippen molar-refractivity contribution in [2.24, 2.45) is 5.14 Å². The Morgan fingerprint density at radius 1 is 1.32 bits per heavy atom. The average Bonchev–Trinajstić information content (AvgIpc) is 2.82. The number of nitrogens with two attached hydrogens (primary N) is 2. The molecule has 1 aromatic carbocycles. The number of hydrogen-bond donors (Lipinski definition) is 2. The van der Waals surface area contributed by atoms with E-state index in [1.54, 1.807) is 0 Å². The summed E-state index contributed by atoms with van der Waals surface area (Å²) < 4.78 is 28.7. The fourth-order valence-corrected chi connectivity index (χ4v) is 3.10. The standard InChI is InChI=1S/C12H15N3O3S/c13-7-9-11(18-8-3-1-2-4-8)6-5-10(14)12(9)19(15,16)17/h5-6,8H,1-4,14H2,(H2,15,16,17). The summed E-state index contributed by atoms with van der Waals surface area (Å²) in [5, 5.41) is 14.3. The fourth-order valence-electron chi connectivity index (χ4n) is 2.28. The van der Waals surface area contributed by atoms with Crippen LogP contribution in [-0.2, 0) is 10.0 Å². The van der Waals surface area contributed by atoms with Gasteiger partial charge in [0.15, 0.2) is 0 Å². The predicted molar refractivity (Wildman–Crippen MR) is 69.8 cm³/mol. The van der Waals surface area contributed by atoms with E-state index in [-0.39, 0.29) is 28.0 Å². The van der Waals surface area contributed by atoms with Crippen LogP contribution in [0.2, 0.25) is 0 Å². The van der Waals surface area contributed by atoms with E-state index in [0.29, 0.717) is 0 Å². The Hall–Kier alpha value is -1.78. The lowest BCUT2D eigenvalue weighted by Crippen LogP contribution is -2.18. The molecule has 0 heterocycles. The van der Waals surface area contributed by atoms with E-state index in [1.165, 1.54) is 12.1 Å². The average molecular weight is 281 g/mol. The van der Waals surface area contributed by atoms with E-state index in [4.69, 9.17) is 20.9 Å². The van der Waals surface area contributed by atoms with Crippen molar-refractivity contribution < 1.29 is 13.2 Å². The van der Waals surface area contributed by atoms with Gasteiger partial charge in [0.2, 0.25) is 10.0 Å². The first kappa shape index (κ1) is 13.6. The number of hydrogen-bond acceptors (Lipinski definition) is 5. The summed E-state index contributed by atoms with van der Waals surface area (Å²) in [5.41, 5.74) is 5.43. The van der Waals surface area contributed by atoms with Crippen molar-refractivity contribution in [3.8, 4) is 11.8 Å². The molecule has 102 valence electrons. The van der Waals surface area contributed by atoms with Crippen LogP contribution >= 0.6 is 0 Å². The van der Waals surface area contributed by atoms with Gasteiger partial charge >= 0.3 is 0 Å². The summed E-state index contributed by atoms with van der Waals surface area (Å²) in [7, 11) is -4.06. The molecule has 0 bridgehead atoms. The monoisotopic (exact) mass is 281 g/mol. The number of ether oxygens (including phenoxy) is 1. The summed E-state index contributed by atoms with van der Waals surface area (Å²) in [5.74, 6) is 0.229. The highest BCUT2D eigenvalue weighted by atomic mass is 32.2. The number of sulfonamides is 1. The van der Waals surface area contributed by atoms with Crippen molar-refractivity contribution in [2.45, 2.75) is 36.7 Å². The minimum Gasteiger partial charge on any atom is -0.489 e.